The zero-order valence-electron chi connectivity index (χ0n) is 19.0. The minimum atomic E-state index is -0.527. The fraction of sp³-hybridized carbons (Fsp3) is 0.440. The monoisotopic (exact) mass is 426 g/mol. The van der Waals surface area contributed by atoms with Crippen LogP contribution in [-0.2, 0) is 22.4 Å². The summed E-state index contributed by atoms with van der Waals surface area (Å²) in [5.74, 6) is 1.19. The molecular formula is C25H34N2O4. The number of likely N-dealkylation sites (N-methyl/N-ethyl adjacent to an activating group) is 1. The van der Waals surface area contributed by atoms with E-state index in [-0.39, 0.29) is 11.8 Å². The maximum Gasteiger partial charge on any atom is 0.242 e. The van der Waals surface area contributed by atoms with Crippen LogP contribution in [0.5, 0.6) is 11.5 Å². The number of nitrogens with zero attached hydrogens (tertiary/aromatic N) is 1. The van der Waals surface area contributed by atoms with Gasteiger partial charge in [0.15, 0.2) is 11.5 Å². The van der Waals surface area contributed by atoms with Crippen LogP contribution in [0.25, 0.3) is 0 Å². The lowest BCUT2D eigenvalue weighted by atomic mass is 10.1. The van der Waals surface area contributed by atoms with Gasteiger partial charge in [0.1, 0.15) is 6.04 Å². The first kappa shape index (κ1) is 24.3. The summed E-state index contributed by atoms with van der Waals surface area (Å²) in [6.45, 7) is 7.22. The molecule has 1 N–H and O–H groups in total. The van der Waals surface area contributed by atoms with E-state index in [1.807, 2.05) is 62.4 Å². The molecule has 0 saturated heterocycles. The van der Waals surface area contributed by atoms with E-state index in [9.17, 15) is 9.59 Å². The topological polar surface area (TPSA) is 67.9 Å². The van der Waals surface area contributed by atoms with Crippen LogP contribution in [-0.4, -0.2) is 49.6 Å². The van der Waals surface area contributed by atoms with E-state index in [2.05, 4.69) is 5.32 Å². The Morgan fingerprint density at radius 3 is 2.26 bits per heavy atom. The number of carbonyl (C=O) groups excluding carboxylic acids is 2. The average molecular weight is 427 g/mol. The summed E-state index contributed by atoms with van der Waals surface area (Å²) < 4.78 is 11.3. The largest absolute Gasteiger partial charge is 0.490 e. The maximum atomic E-state index is 13.1. The maximum absolute atomic E-state index is 13.1. The Morgan fingerprint density at radius 2 is 1.61 bits per heavy atom. The van der Waals surface area contributed by atoms with Gasteiger partial charge in [0.05, 0.1) is 13.2 Å². The molecule has 31 heavy (non-hydrogen) atoms. The predicted octanol–water partition coefficient (Wildman–Crippen LogP) is 3.62. The van der Waals surface area contributed by atoms with Crippen LogP contribution in [0, 0.1) is 0 Å². The molecule has 1 atom stereocenters. The van der Waals surface area contributed by atoms with Gasteiger partial charge in [-0.1, -0.05) is 36.4 Å². The fourth-order valence-electron chi connectivity index (χ4n) is 3.42. The van der Waals surface area contributed by atoms with Crippen LogP contribution in [0.15, 0.2) is 48.5 Å². The van der Waals surface area contributed by atoms with Crippen molar-refractivity contribution < 1.29 is 19.1 Å². The van der Waals surface area contributed by atoms with Crippen molar-refractivity contribution in [2.75, 3.05) is 26.8 Å². The van der Waals surface area contributed by atoms with E-state index in [1.165, 1.54) is 0 Å². The van der Waals surface area contributed by atoms with Gasteiger partial charge in [0.25, 0.3) is 0 Å². The van der Waals surface area contributed by atoms with E-state index in [0.29, 0.717) is 50.5 Å². The van der Waals surface area contributed by atoms with E-state index < -0.39 is 6.04 Å². The van der Waals surface area contributed by atoms with E-state index in [0.717, 1.165) is 11.1 Å². The minimum Gasteiger partial charge on any atom is -0.490 e. The number of ether oxygens (including phenoxy) is 2. The molecule has 6 nitrogen and oxygen atoms in total. The van der Waals surface area contributed by atoms with Gasteiger partial charge in [-0.2, -0.15) is 0 Å². The Morgan fingerprint density at radius 1 is 0.935 bits per heavy atom. The van der Waals surface area contributed by atoms with Gasteiger partial charge in [-0.3, -0.25) is 9.59 Å². The van der Waals surface area contributed by atoms with E-state index in [1.54, 1.807) is 18.9 Å². The molecule has 2 rings (SSSR count). The van der Waals surface area contributed by atoms with E-state index in [4.69, 9.17) is 9.47 Å². The van der Waals surface area contributed by atoms with Crippen LogP contribution in [0.4, 0.5) is 0 Å². The molecule has 0 saturated carbocycles. The van der Waals surface area contributed by atoms with Crippen molar-refractivity contribution in [1.82, 2.24) is 10.2 Å². The lowest BCUT2D eigenvalue weighted by Crippen LogP contribution is -2.48. The van der Waals surface area contributed by atoms with Crippen LogP contribution in [0.3, 0.4) is 0 Å². The molecule has 168 valence electrons. The number of benzene rings is 2. The number of carbonyl (C=O) groups is 2. The summed E-state index contributed by atoms with van der Waals surface area (Å²) in [6, 6.07) is 15.2. The molecular weight excluding hydrogens is 392 g/mol. The summed E-state index contributed by atoms with van der Waals surface area (Å²) in [4.78, 5) is 27.0. The molecule has 0 aliphatic rings. The molecule has 0 aromatic heterocycles. The Kier molecular flexibility index (Phi) is 9.88. The lowest BCUT2D eigenvalue weighted by Gasteiger charge is -2.28. The lowest BCUT2D eigenvalue weighted by molar-refractivity contribution is -0.139. The number of amides is 2. The van der Waals surface area contributed by atoms with Gasteiger partial charge in [-0.25, -0.2) is 0 Å². The highest BCUT2D eigenvalue weighted by Gasteiger charge is 2.24. The zero-order chi connectivity index (χ0) is 22.6. The Balaban J connectivity index is 2.08. The highest BCUT2D eigenvalue weighted by atomic mass is 16.5. The molecule has 0 spiro atoms. The van der Waals surface area contributed by atoms with E-state index >= 15 is 0 Å². The Labute approximate surface area is 185 Å². The SMILES string of the molecule is CCOc1ccc(CCC(=O)N(CCc2ccccc2)C(C)C(=O)NC)cc1OCC. The zero-order valence-corrected chi connectivity index (χ0v) is 19.0. The highest BCUT2D eigenvalue weighted by Crippen LogP contribution is 2.29. The third-order valence-corrected chi connectivity index (χ3v) is 5.13. The van der Waals surface area contributed by atoms with Gasteiger partial charge in [0.2, 0.25) is 11.8 Å². The van der Waals surface area contributed by atoms with Crippen LogP contribution in [0.2, 0.25) is 0 Å². The van der Waals surface area contributed by atoms with Gasteiger partial charge in [-0.15, -0.1) is 0 Å². The molecule has 6 heteroatoms. The summed E-state index contributed by atoms with van der Waals surface area (Å²) in [5, 5.41) is 2.65. The average Bonchev–Trinajstić information content (AvgIpc) is 2.79. The quantitative estimate of drug-likeness (QED) is 0.563. The standard InChI is InChI=1S/C25H34N2O4/c1-5-30-22-14-12-21(18-23(22)31-6-2)13-15-24(28)27(19(3)25(29)26-4)17-16-20-10-8-7-9-11-20/h7-12,14,18-19H,5-6,13,15-17H2,1-4H3,(H,26,29). The van der Waals surface area contributed by atoms with Crippen LogP contribution >= 0.6 is 0 Å². The highest BCUT2D eigenvalue weighted by molar-refractivity contribution is 5.87. The number of aryl methyl sites for hydroxylation is 1. The van der Waals surface area contributed by atoms with Crippen molar-refractivity contribution in [3.63, 3.8) is 0 Å². The normalized spacial score (nSPS) is 11.5. The predicted molar refractivity (Wildman–Crippen MR) is 122 cm³/mol. The molecule has 0 heterocycles. The van der Waals surface area contributed by atoms with Gasteiger partial charge in [0, 0.05) is 20.0 Å². The summed E-state index contributed by atoms with van der Waals surface area (Å²) in [5.41, 5.74) is 2.13. The smallest absolute Gasteiger partial charge is 0.242 e. The number of rotatable bonds is 12. The molecule has 2 aromatic carbocycles. The number of hydrogen-bond donors (Lipinski definition) is 1. The van der Waals surface area contributed by atoms with Crippen molar-refractivity contribution in [3.8, 4) is 11.5 Å². The molecule has 2 aromatic rings. The van der Waals surface area contributed by atoms with Crippen molar-refractivity contribution in [2.45, 2.75) is 46.1 Å². The van der Waals surface area contributed by atoms with Crippen molar-refractivity contribution >= 4 is 11.8 Å². The molecule has 0 fully saturated rings. The van der Waals surface area contributed by atoms with Gasteiger partial charge < -0.3 is 19.7 Å². The van der Waals surface area contributed by atoms with Crippen molar-refractivity contribution in [1.29, 1.82) is 0 Å². The first-order chi connectivity index (χ1) is 15.0. The summed E-state index contributed by atoms with van der Waals surface area (Å²) in [6.07, 6.45) is 1.58. The molecule has 0 bridgehead atoms. The molecule has 2 amide bonds. The summed E-state index contributed by atoms with van der Waals surface area (Å²) in [7, 11) is 1.59. The summed E-state index contributed by atoms with van der Waals surface area (Å²) >= 11 is 0. The molecule has 1 unspecified atom stereocenters. The van der Waals surface area contributed by atoms with Crippen LogP contribution < -0.4 is 14.8 Å². The number of nitrogens with one attached hydrogen (secondary N) is 1. The van der Waals surface area contributed by atoms with Gasteiger partial charge in [-0.05, 0) is 56.9 Å². The third kappa shape index (κ3) is 7.31. The molecule has 0 aliphatic heterocycles. The minimum absolute atomic E-state index is 0.0427. The number of hydrogen-bond acceptors (Lipinski definition) is 4. The van der Waals surface area contributed by atoms with Crippen molar-refractivity contribution in [3.05, 3.63) is 59.7 Å². The molecule has 0 radical (unpaired) electrons. The first-order valence-electron chi connectivity index (χ1n) is 10.9. The third-order valence-electron chi connectivity index (χ3n) is 5.13. The second-order valence-electron chi connectivity index (χ2n) is 7.26. The fourth-order valence-corrected chi connectivity index (χ4v) is 3.42. The van der Waals surface area contributed by atoms with Gasteiger partial charge >= 0.3 is 0 Å². The first-order valence-corrected chi connectivity index (χ1v) is 10.9. The molecule has 0 aliphatic carbocycles. The second kappa shape index (κ2) is 12.6. The Hall–Kier alpha value is -3.02. The van der Waals surface area contributed by atoms with Crippen LogP contribution in [0.1, 0.15) is 38.3 Å². The second-order valence-corrected chi connectivity index (χ2v) is 7.26. The van der Waals surface area contributed by atoms with Crippen molar-refractivity contribution in [2.24, 2.45) is 0 Å². The Bertz CT molecular complexity index is 839.